The van der Waals surface area contributed by atoms with Crippen LogP contribution in [0.3, 0.4) is 0 Å². The van der Waals surface area contributed by atoms with Crippen LogP contribution >= 0.6 is 11.8 Å². The molecular formula is C14H21NO3S. The normalized spacial score (nSPS) is 26.6. The van der Waals surface area contributed by atoms with Crippen LogP contribution in [0.4, 0.5) is 0 Å². The lowest BCUT2D eigenvalue weighted by Crippen LogP contribution is -2.47. The second kappa shape index (κ2) is 6.46. The molecule has 0 saturated carbocycles. The van der Waals surface area contributed by atoms with E-state index in [4.69, 9.17) is 5.11 Å². The van der Waals surface area contributed by atoms with E-state index >= 15 is 0 Å². The van der Waals surface area contributed by atoms with Crippen molar-refractivity contribution in [1.82, 2.24) is 4.90 Å². The fraction of sp³-hybridized carbons (Fsp3) is 0.714. The Hall–Kier alpha value is -0.970. The van der Waals surface area contributed by atoms with Gasteiger partial charge >= 0.3 is 5.97 Å². The number of hydrogen-bond acceptors (Lipinski definition) is 3. The molecule has 1 aliphatic heterocycles. The number of rotatable bonds is 4. The lowest BCUT2D eigenvalue weighted by atomic mass is 9.71. The van der Waals surface area contributed by atoms with Gasteiger partial charge in [0.05, 0.1) is 11.5 Å². The number of carboxylic acid groups (broad SMARTS) is 1. The highest BCUT2D eigenvalue weighted by Gasteiger charge is 2.36. The molecule has 5 heteroatoms. The molecule has 1 saturated heterocycles. The second-order valence-electron chi connectivity index (χ2n) is 5.52. The molecule has 1 aliphatic carbocycles. The lowest BCUT2D eigenvalue weighted by molar-refractivity contribution is -0.133. The Morgan fingerprint density at radius 2 is 2.11 bits per heavy atom. The molecule has 1 unspecified atom stereocenters. The predicted octanol–water partition coefficient (Wildman–Crippen LogP) is 2.15. The zero-order valence-electron chi connectivity index (χ0n) is 11.1. The molecule has 1 fully saturated rings. The Labute approximate surface area is 118 Å². The first-order valence-electron chi connectivity index (χ1n) is 6.84. The standard InChI is InChI=1S/C14H21NO3S/c16-12(9-19-10-13(17)18)15-8-4-7-14(11-15)5-2-1-3-6-14/h1-2H,3-11H2,(H,17,18). The molecule has 1 spiro atoms. The molecule has 1 atom stereocenters. The van der Waals surface area contributed by atoms with Crippen molar-refractivity contribution >= 4 is 23.6 Å². The minimum atomic E-state index is -0.856. The van der Waals surface area contributed by atoms with Crippen LogP contribution in [0.1, 0.15) is 32.1 Å². The van der Waals surface area contributed by atoms with Crippen molar-refractivity contribution in [3.63, 3.8) is 0 Å². The molecular weight excluding hydrogens is 262 g/mol. The van der Waals surface area contributed by atoms with Crippen molar-refractivity contribution in [2.75, 3.05) is 24.6 Å². The summed E-state index contributed by atoms with van der Waals surface area (Å²) >= 11 is 1.19. The number of amides is 1. The van der Waals surface area contributed by atoms with E-state index in [1.54, 1.807) is 0 Å². The summed E-state index contributed by atoms with van der Waals surface area (Å²) in [5, 5.41) is 8.58. The van der Waals surface area contributed by atoms with Crippen molar-refractivity contribution in [2.45, 2.75) is 32.1 Å². The molecule has 2 rings (SSSR count). The maximum atomic E-state index is 12.1. The topological polar surface area (TPSA) is 57.6 Å². The molecule has 4 nitrogen and oxygen atoms in total. The number of aliphatic carboxylic acids is 1. The van der Waals surface area contributed by atoms with Crippen molar-refractivity contribution in [1.29, 1.82) is 0 Å². The average Bonchev–Trinajstić information content (AvgIpc) is 2.39. The second-order valence-corrected chi connectivity index (χ2v) is 6.51. The number of thioether (sulfide) groups is 1. The van der Waals surface area contributed by atoms with Gasteiger partial charge in [0.1, 0.15) is 0 Å². The first-order chi connectivity index (χ1) is 9.11. The average molecular weight is 283 g/mol. The van der Waals surface area contributed by atoms with Gasteiger partial charge in [0.2, 0.25) is 5.91 Å². The SMILES string of the molecule is O=C(O)CSCC(=O)N1CCCC2(CC=CCC2)C1. The molecule has 1 heterocycles. The van der Waals surface area contributed by atoms with Gasteiger partial charge in [-0.05, 0) is 37.5 Å². The summed E-state index contributed by atoms with van der Waals surface area (Å²) in [6.45, 7) is 1.68. The van der Waals surface area contributed by atoms with E-state index in [0.717, 1.165) is 32.4 Å². The minimum Gasteiger partial charge on any atom is -0.481 e. The first kappa shape index (κ1) is 14.4. The Morgan fingerprint density at radius 3 is 2.79 bits per heavy atom. The largest absolute Gasteiger partial charge is 0.481 e. The predicted molar refractivity (Wildman–Crippen MR) is 76.2 cm³/mol. The first-order valence-corrected chi connectivity index (χ1v) is 7.99. The van der Waals surface area contributed by atoms with Crippen LogP contribution in [0.2, 0.25) is 0 Å². The number of nitrogens with zero attached hydrogens (tertiary/aromatic N) is 1. The van der Waals surface area contributed by atoms with Crippen LogP contribution in [-0.2, 0) is 9.59 Å². The highest BCUT2D eigenvalue weighted by atomic mass is 32.2. The third-order valence-corrected chi connectivity index (χ3v) is 4.93. The summed E-state index contributed by atoms with van der Waals surface area (Å²) in [6, 6.07) is 0. The zero-order chi connectivity index (χ0) is 13.7. The monoisotopic (exact) mass is 283 g/mol. The minimum absolute atomic E-state index is 0.00740. The Kier molecular flexibility index (Phi) is 4.91. The molecule has 0 bridgehead atoms. The molecule has 0 aromatic rings. The summed E-state index contributed by atoms with van der Waals surface area (Å²) in [4.78, 5) is 24.5. The highest BCUT2D eigenvalue weighted by Crippen LogP contribution is 2.40. The van der Waals surface area contributed by atoms with Gasteiger partial charge < -0.3 is 10.0 Å². The van der Waals surface area contributed by atoms with Crippen molar-refractivity contribution in [3.05, 3.63) is 12.2 Å². The Balaban J connectivity index is 1.84. The Bertz CT molecular complexity index is 383. The third-order valence-electron chi connectivity index (χ3n) is 4.02. The summed E-state index contributed by atoms with van der Waals surface area (Å²) in [5.74, 6) is -0.462. The van der Waals surface area contributed by atoms with E-state index in [0.29, 0.717) is 5.41 Å². The summed E-state index contributed by atoms with van der Waals surface area (Å²) in [7, 11) is 0. The van der Waals surface area contributed by atoms with Crippen molar-refractivity contribution in [3.8, 4) is 0 Å². The van der Waals surface area contributed by atoms with Crippen LogP contribution in [-0.4, -0.2) is 46.5 Å². The van der Waals surface area contributed by atoms with Crippen LogP contribution < -0.4 is 0 Å². The number of carboxylic acids is 1. The Morgan fingerprint density at radius 1 is 1.26 bits per heavy atom. The van der Waals surface area contributed by atoms with Gasteiger partial charge in [-0.25, -0.2) is 0 Å². The molecule has 0 aromatic heterocycles. The fourth-order valence-corrected chi connectivity index (χ4v) is 3.69. The van der Waals surface area contributed by atoms with Crippen LogP contribution in [0, 0.1) is 5.41 Å². The highest BCUT2D eigenvalue weighted by molar-refractivity contribution is 8.00. The molecule has 0 radical (unpaired) electrons. The zero-order valence-corrected chi connectivity index (χ0v) is 12.0. The van der Waals surface area contributed by atoms with Gasteiger partial charge in [0, 0.05) is 13.1 Å². The maximum absolute atomic E-state index is 12.1. The number of carbonyl (C=O) groups excluding carboxylic acids is 1. The summed E-state index contributed by atoms with van der Waals surface area (Å²) in [5.41, 5.74) is 0.292. The lowest BCUT2D eigenvalue weighted by Gasteiger charge is -2.44. The molecule has 1 amide bonds. The number of allylic oxidation sites excluding steroid dienone is 2. The van der Waals surface area contributed by atoms with Gasteiger partial charge in [-0.2, -0.15) is 0 Å². The van der Waals surface area contributed by atoms with E-state index in [-0.39, 0.29) is 17.4 Å². The van der Waals surface area contributed by atoms with Crippen LogP contribution in [0.25, 0.3) is 0 Å². The van der Waals surface area contributed by atoms with E-state index in [1.165, 1.54) is 24.6 Å². The van der Waals surface area contributed by atoms with Gasteiger partial charge in [0.25, 0.3) is 0 Å². The van der Waals surface area contributed by atoms with Gasteiger partial charge in [-0.3, -0.25) is 9.59 Å². The summed E-state index contributed by atoms with van der Waals surface area (Å²) in [6.07, 6.45) is 10.1. The smallest absolute Gasteiger partial charge is 0.313 e. The van der Waals surface area contributed by atoms with Gasteiger partial charge in [-0.1, -0.05) is 12.2 Å². The maximum Gasteiger partial charge on any atom is 0.313 e. The fourth-order valence-electron chi connectivity index (χ4n) is 3.05. The van der Waals surface area contributed by atoms with E-state index in [9.17, 15) is 9.59 Å². The number of hydrogen-bond donors (Lipinski definition) is 1. The number of piperidine rings is 1. The third kappa shape index (κ3) is 4.00. The molecule has 1 N–H and O–H groups in total. The van der Waals surface area contributed by atoms with Crippen LogP contribution in [0.5, 0.6) is 0 Å². The number of likely N-dealkylation sites (tertiary alicyclic amines) is 1. The quantitative estimate of drug-likeness (QED) is 0.803. The number of carbonyl (C=O) groups is 2. The van der Waals surface area contributed by atoms with Gasteiger partial charge in [0.15, 0.2) is 0 Å². The van der Waals surface area contributed by atoms with Crippen molar-refractivity contribution < 1.29 is 14.7 Å². The summed E-state index contributed by atoms with van der Waals surface area (Å²) < 4.78 is 0. The van der Waals surface area contributed by atoms with Gasteiger partial charge in [-0.15, -0.1) is 11.8 Å². The molecule has 106 valence electrons. The van der Waals surface area contributed by atoms with Crippen molar-refractivity contribution in [2.24, 2.45) is 5.41 Å². The molecule has 0 aromatic carbocycles. The van der Waals surface area contributed by atoms with E-state index in [1.807, 2.05) is 4.90 Å². The van der Waals surface area contributed by atoms with E-state index < -0.39 is 5.97 Å². The molecule has 2 aliphatic rings. The van der Waals surface area contributed by atoms with E-state index in [2.05, 4.69) is 12.2 Å². The molecule has 19 heavy (non-hydrogen) atoms. The van der Waals surface area contributed by atoms with Crippen LogP contribution in [0.15, 0.2) is 12.2 Å².